The standard InChI is InChI=1S/C19H15F3N2OS/c1-2-14-10-18(25-15-6-4-13(20)5-7-15)24-19(23-14)26-11-12-3-8-16(21)17(22)9-12/h3-10H,2,11H2,1H3. The van der Waals surface area contributed by atoms with Crippen molar-refractivity contribution in [2.45, 2.75) is 24.3 Å². The van der Waals surface area contributed by atoms with Crippen LogP contribution in [-0.2, 0) is 12.2 Å². The van der Waals surface area contributed by atoms with Crippen molar-refractivity contribution >= 4 is 11.8 Å². The van der Waals surface area contributed by atoms with Gasteiger partial charge >= 0.3 is 0 Å². The van der Waals surface area contributed by atoms with Gasteiger partial charge in [0.1, 0.15) is 11.6 Å². The lowest BCUT2D eigenvalue weighted by molar-refractivity contribution is 0.452. The molecule has 1 heterocycles. The molecule has 134 valence electrons. The van der Waals surface area contributed by atoms with Crippen molar-refractivity contribution < 1.29 is 17.9 Å². The molecule has 1 aromatic heterocycles. The monoisotopic (exact) mass is 376 g/mol. The number of rotatable bonds is 6. The number of aromatic nitrogens is 2. The molecule has 0 saturated heterocycles. The highest BCUT2D eigenvalue weighted by Crippen LogP contribution is 2.26. The first-order chi connectivity index (χ1) is 12.5. The fraction of sp³-hybridized carbons (Fsp3) is 0.158. The maximum absolute atomic E-state index is 13.3. The van der Waals surface area contributed by atoms with Gasteiger partial charge < -0.3 is 4.74 Å². The highest BCUT2D eigenvalue weighted by molar-refractivity contribution is 7.98. The molecule has 0 radical (unpaired) electrons. The first-order valence-corrected chi connectivity index (χ1v) is 8.90. The Morgan fingerprint density at radius 3 is 2.38 bits per heavy atom. The minimum atomic E-state index is -0.883. The molecule has 3 nitrogen and oxygen atoms in total. The summed E-state index contributed by atoms with van der Waals surface area (Å²) >= 11 is 1.29. The number of benzene rings is 2. The van der Waals surface area contributed by atoms with Gasteiger partial charge in [0.15, 0.2) is 16.8 Å². The zero-order valence-electron chi connectivity index (χ0n) is 13.9. The largest absolute Gasteiger partial charge is 0.439 e. The maximum Gasteiger partial charge on any atom is 0.223 e. The van der Waals surface area contributed by atoms with Gasteiger partial charge in [-0.3, -0.25) is 0 Å². The van der Waals surface area contributed by atoms with E-state index in [-0.39, 0.29) is 5.82 Å². The normalized spacial score (nSPS) is 10.8. The van der Waals surface area contributed by atoms with Crippen molar-refractivity contribution in [3.05, 3.63) is 77.2 Å². The fourth-order valence-corrected chi connectivity index (χ4v) is 2.96. The van der Waals surface area contributed by atoms with E-state index in [1.165, 1.54) is 42.1 Å². The third kappa shape index (κ3) is 4.76. The summed E-state index contributed by atoms with van der Waals surface area (Å²) in [5.74, 6) is -0.915. The van der Waals surface area contributed by atoms with Gasteiger partial charge in [-0.25, -0.2) is 18.2 Å². The third-order valence-electron chi connectivity index (χ3n) is 3.49. The second kappa shape index (κ2) is 8.23. The van der Waals surface area contributed by atoms with Crippen molar-refractivity contribution in [2.75, 3.05) is 0 Å². The quantitative estimate of drug-likeness (QED) is 0.418. The molecular weight excluding hydrogens is 361 g/mol. The Kier molecular flexibility index (Phi) is 5.78. The third-order valence-corrected chi connectivity index (χ3v) is 4.40. The van der Waals surface area contributed by atoms with Crippen LogP contribution in [0.25, 0.3) is 0 Å². The topological polar surface area (TPSA) is 35.0 Å². The van der Waals surface area contributed by atoms with Crippen molar-refractivity contribution in [3.63, 3.8) is 0 Å². The van der Waals surface area contributed by atoms with Crippen LogP contribution in [0.3, 0.4) is 0 Å². The molecular formula is C19H15F3N2OS. The zero-order chi connectivity index (χ0) is 18.5. The minimum absolute atomic E-state index is 0.344. The van der Waals surface area contributed by atoms with Crippen LogP contribution in [0.15, 0.2) is 53.7 Å². The van der Waals surface area contributed by atoms with Gasteiger partial charge in [0.25, 0.3) is 0 Å². The Bertz CT molecular complexity index is 904. The second-order valence-corrected chi connectivity index (χ2v) is 6.37. The van der Waals surface area contributed by atoms with E-state index in [4.69, 9.17) is 4.74 Å². The van der Waals surface area contributed by atoms with E-state index < -0.39 is 11.6 Å². The van der Waals surface area contributed by atoms with Crippen LogP contribution in [0.5, 0.6) is 11.6 Å². The molecule has 0 saturated carbocycles. The predicted molar refractivity (Wildman–Crippen MR) is 93.8 cm³/mol. The van der Waals surface area contributed by atoms with Gasteiger partial charge in [-0.1, -0.05) is 24.8 Å². The number of halogens is 3. The number of nitrogens with zero attached hydrogens (tertiary/aromatic N) is 2. The van der Waals surface area contributed by atoms with Gasteiger partial charge in [-0.05, 0) is 48.4 Å². The lowest BCUT2D eigenvalue weighted by Gasteiger charge is -2.08. The molecule has 0 aliphatic carbocycles. The van der Waals surface area contributed by atoms with E-state index in [1.807, 2.05) is 6.92 Å². The Balaban J connectivity index is 1.76. The second-order valence-electron chi connectivity index (χ2n) is 5.43. The average molecular weight is 376 g/mol. The van der Waals surface area contributed by atoms with E-state index in [0.717, 1.165) is 17.8 Å². The summed E-state index contributed by atoms with van der Waals surface area (Å²) in [4.78, 5) is 8.73. The molecule has 3 aromatic rings. The summed E-state index contributed by atoms with van der Waals surface area (Å²) in [6, 6.07) is 11.1. The SMILES string of the molecule is CCc1cc(Oc2ccc(F)cc2)nc(SCc2ccc(F)c(F)c2)n1. The van der Waals surface area contributed by atoms with E-state index in [0.29, 0.717) is 34.5 Å². The van der Waals surface area contributed by atoms with Gasteiger partial charge in [0, 0.05) is 17.5 Å². The molecule has 3 rings (SSSR count). The minimum Gasteiger partial charge on any atom is -0.439 e. The molecule has 0 unspecified atom stereocenters. The molecule has 0 spiro atoms. The van der Waals surface area contributed by atoms with Gasteiger partial charge in [0.2, 0.25) is 5.88 Å². The smallest absolute Gasteiger partial charge is 0.223 e. The lowest BCUT2D eigenvalue weighted by atomic mass is 10.2. The van der Waals surface area contributed by atoms with Crippen LogP contribution < -0.4 is 4.74 Å². The molecule has 0 amide bonds. The molecule has 0 bridgehead atoms. The van der Waals surface area contributed by atoms with Crippen LogP contribution in [0.2, 0.25) is 0 Å². The Labute approximate surface area is 153 Å². The summed E-state index contributed by atoms with van der Waals surface area (Å²) in [6.45, 7) is 1.95. The maximum atomic E-state index is 13.3. The predicted octanol–water partition coefficient (Wildman–Crippen LogP) is 5.54. The molecule has 0 aliphatic heterocycles. The Hall–Kier alpha value is -2.54. The molecule has 0 aliphatic rings. The molecule has 26 heavy (non-hydrogen) atoms. The molecule has 7 heteroatoms. The Morgan fingerprint density at radius 2 is 1.69 bits per heavy atom. The number of ether oxygens (including phenoxy) is 1. The number of hydrogen-bond acceptors (Lipinski definition) is 4. The van der Waals surface area contributed by atoms with Crippen molar-refractivity contribution in [1.82, 2.24) is 9.97 Å². The van der Waals surface area contributed by atoms with E-state index in [1.54, 1.807) is 6.07 Å². The summed E-state index contributed by atoms with van der Waals surface area (Å²) < 4.78 is 44.9. The molecule has 0 fully saturated rings. The van der Waals surface area contributed by atoms with Crippen LogP contribution in [0.1, 0.15) is 18.2 Å². The zero-order valence-corrected chi connectivity index (χ0v) is 14.7. The lowest BCUT2D eigenvalue weighted by Crippen LogP contribution is -1.97. The highest BCUT2D eigenvalue weighted by Gasteiger charge is 2.09. The van der Waals surface area contributed by atoms with Crippen LogP contribution in [0.4, 0.5) is 13.2 Å². The van der Waals surface area contributed by atoms with Crippen LogP contribution >= 0.6 is 11.8 Å². The number of thioether (sulfide) groups is 1. The Morgan fingerprint density at radius 1 is 0.923 bits per heavy atom. The first kappa shape index (κ1) is 18.3. The number of hydrogen-bond donors (Lipinski definition) is 0. The summed E-state index contributed by atoms with van der Waals surface area (Å²) in [7, 11) is 0. The van der Waals surface area contributed by atoms with Crippen molar-refractivity contribution in [3.8, 4) is 11.6 Å². The van der Waals surface area contributed by atoms with E-state index >= 15 is 0 Å². The number of aryl methyl sites for hydroxylation is 1. The first-order valence-electron chi connectivity index (χ1n) is 7.91. The molecule has 0 atom stereocenters. The van der Waals surface area contributed by atoms with E-state index in [2.05, 4.69) is 9.97 Å². The van der Waals surface area contributed by atoms with Crippen molar-refractivity contribution in [1.29, 1.82) is 0 Å². The molecule has 0 N–H and O–H groups in total. The van der Waals surface area contributed by atoms with Crippen molar-refractivity contribution in [2.24, 2.45) is 0 Å². The van der Waals surface area contributed by atoms with E-state index in [9.17, 15) is 13.2 Å². The van der Waals surface area contributed by atoms with Gasteiger partial charge in [-0.15, -0.1) is 0 Å². The van der Waals surface area contributed by atoms with Gasteiger partial charge in [0.05, 0.1) is 0 Å². The van der Waals surface area contributed by atoms with Crippen LogP contribution in [-0.4, -0.2) is 9.97 Å². The van der Waals surface area contributed by atoms with Gasteiger partial charge in [-0.2, -0.15) is 4.98 Å². The molecule has 2 aromatic carbocycles. The summed E-state index contributed by atoms with van der Waals surface area (Å²) in [6.07, 6.45) is 0.682. The fourth-order valence-electron chi connectivity index (χ4n) is 2.15. The average Bonchev–Trinajstić information content (AvgIpc) is 2.64. The van der Waals surface area contributed by atoms with Crippen LogP contribution in [0, 0.1) is 17.5 Å². The summed E-state index contributed by atoms with van der Waals surface area (Å²) in [5.41, 5.74) is 1.41. The highest BCUT2D eigenvalue weighted by atomic mass is 32.2. The summed E-state index contributed by atoms with van der Waals surface area (Å²) in [5, 5.41) is 0.464.